The molecule has 1 fully saturated rings. The number of rotatable bonds is 1. The Hall–Kier alpha value is -0.900. The van der Waals surface area contributed by atoms with Crippen molar-refractivity contribution < 1.29 is 5.11 Å². The summed E-state index contributed by atoms with van der Waals surface area (Å²) in [4.78, 5) is 4.95. The Balaban J connectivity index is 1.79. The fourth-order valence-electron chi connectivity index (χ4n) is 3.82. The third-order valence-corrected chi connectivity index (χ3v) is 5.30. The van der Waals surface area contributed by atoms with E-state index in [9.17, 15) is 5.11 Å². The van der Waals surface area contributed by atoms with Crippen LogP contribution in [0, 0.1) is 0 Å². The van der Waals surface area contributed by atoms with Crippen LogP contribution in [-0.2, 0) is 6.42 Å². The molecule has 20 heavy (non-hydrogen) atoms. The van der Waals surface area contributed by atoms with E-state index in [1.165, 1.54) is 5.56 Å². The molecule has 0 saturated carbocycles. The van der Waals surface area contributed by atoms with E-state index in [0.717, 1.165) is 31.5 Å². The number of aliphatic hydroxyl groups excluding tert-OH is 1. The van der Waals surface area contributed by atoms with E-state index in [-0.39, 0.29) is 12.1 Å². The summed E-state index contributed by atoms with van der Waals surface area (Å²) < 4.78 is 0. The quantitative estimate of drug-likeness (QED) is 0.849. The first kappa shape index (κ1) is 14.1. The van der Waals surface area contributed by atoms with E-state index in [1.54, 1.807) is 0 Å². The van der Waals surface area contributed by atoms with E-state index in [4.69, 9.17) is 0 Å². The Morgan fingerprint density at radius 2 is 1.75 bits per heavy atom. The van der Waals surface area contributed by atoms with Gasteiger partial charge in [-0.1, -0.05) is 24.3 Å². The van der Waals surface area contributed by atoms with Gasteiger partial charge in [0.15, 0.2) is 0 Å². The summed E-state index contributed by atoms with van der Waals surface area (Å²) in [6.07, 6.45) is 1.83. The van der Waals surface area contributed by atoms with Crippen LogP contribution in [0.25, 0.3) is 0 Å². The second-order valence-corrected chi connectivity index (χ2v) is 6.57. The zero-order chi connectivity index (χ0) is 14.3. The minimum absolute atomic E-state index is 0.281. The summed E-state index contributed by atoms with van der Waals surface area (Å²) in [6, 6.07) is 9.76. The Morgan fingerprint density at radius 3 is 2.45 bits per heavy atom. The van der Waals surface area contributed by atoms with Crippen molar-refractivity contribution in [2.75, 3.05) is 20.1 Å². The minimum atomic E-state index is -0.331. The second-order valence-electron chi connectivity index (χ2n) is 6.57. The van der Waals surface area contributed by atoms with Gasteiger partial charge in [0.2, 0.25) is 0 Å². The van der Waals surface area contributed by atoms with Gasteiger partial charge in [0, 0.05) is 31.2 Å². The van der Waals surface area contributed by atoms with E-state index in [2.05, 4.69) is 48.9 Å². The third-order valence-electron chi connectivity index (χ3n) is 5.30. The molecule has 0 aromatic heterocycles. The number of piperazine rings is 1. The maximum Gasteiger partial charge on any atom is 0.0947 e. The summed E-state index contributed by atoms with van der Waals surface area (Å²) in [6.45, 7) is 6.69. The molecule has 1 saturated heterocycles. The number of hydrogen-bond acceptors (Lipinski definition) is 3. The highest BCUT2D eigenvalue weighted by molar-refractivity contribution is 5.32. The van der Waals surface area contributed by atoms with Crippen LogP contribution >= 0.6 is 0 Å². The van der Waals surface area contributed by atoms with E-state index in [0.29, 0.717) is 12.1 Å². The van der Waals surface area contributed by atoms with Gasteiger partial charge in [0.25, 0.3) is 0 Å². The zero-order valence-electron chi connectivity index (χ0n) is 12.8. The summed E-state index contributed by atoms with van der Waals surface area (Å²) in [7, 11) is 2.21. The van der Waals surface area contributed by atoms with E-state index >= 15 is 0 Å². The van der Waals surface area contributed by atoms with Crippen molar-refractivity contribution >= 4 is 0 Å². The molecule has 0 bridgehead atoms. The fraction of sp³-hybridized carbons (Fsp3) is 0.647. The molecule has 0 amide bonds. The summed E-state index contributed by atoms with van der Waals surface area (Å²) in [5.74, 6) is 0. The van der Waals surface area contributed by atoms with Crippen LogP contribution in [-0.4, -0.2) is 53.2 Å². The first-order valence-electron chi connectivity index (χ1n) is 7.79. The van der Waals surface area contributed by atoms with Crippen molar-refractivity contribution in [3.63, 3.8) is 0 Å². The summed E-state index contributed by atoms with van der Waals surface area (Å²) >= 11 is 0. The van der Waals surface area contributed by atoms with Crippen molar-refractivity contribution in [2.24, 2.45) is 0 Å². The van der Waals surface area contributed by atoms with Gasteiger partial charge in [-0.3, -0.25) is 9.80 Å². The Morgan fingerprint density at radius 1 is 1.10 bits per heavy atom. The van der Waals surface area contributed by atoms with Gasteiger partial charge < -0.3 is 5.11 Å². The lowest BCUT2D eigenvalue weighted by atomic mass is 9.84. The van der Waals surface area contributed by atoms with Gasteiger partial charge in [-0.25, -0.2) is 0 Å². The van der Waals surface area contributed by atoms with Crippen LogP contribution in [0.15, 0.2) is 24.3 Å². The molecule has 3 nitrogen and oxygen atoms in total. The van der Waals surface area contributed by atoms with Gasteiger partial charge in [0.1, 0.15) is 0 Å². The second kappa shape index (κ2) is 5.47. The van der Waals surface area contributed by atoms with Crippen LogP contribution in [0.2, 0.25) is 0 Å². The largest absolute Gasteiger partial charge is 0.387 e. The van der Waals surface area contributed by atoms with Gasteiger partial charge in [-0.2, -0.15) is 0 Å². The Labute approximate surface area is 122 Å². The molecule has 0 spiro atoms. The molecule has 1 heterocycles. The van der Waals surface area contributed by atoms with Crippen molar-refractivity contribution in [3.05, 3.63) is 35.4 Å². The predicted octanol–water partition coefficient (Wildman–Crippen LogP) is 2.06. The summed E-state index contributed by atoms with van der Waals surface area (Å²) in [5, 5.41) is 10.8. The van der Waals surface area contributed by atoms with Crippen molar-refractivity contribution in [3.8, 4) is 0 Å². The number of nitrogens with zero attached hydrogens (tertiary/aromatic N) is 2. The van der Waals surface area contributed by atoms with Crippen LogP contribution in [0.4, 0.5) is 0 Å². The molecule has 2 aliphatic rings. The number of hydrogen-bond donors (Lipinski definition) is 1. The average Bonchev–Trinajstić information content (AvgIpc) is 2.45. The smallest absolute Gasteiger partial charge is 0.0947 e. The normalized spacial score (nSPS) is 35.8. The van der Waals surface area contributed by atoms with Crippen molar-refractivity contribution in [2.45, 2.75) is 50.9 Å². The number of likely N-dealkylation sites (N-methyl/N-ethyl adjacent to an activating group) is 1. The van der Waals surface area contributed by atoms with Gasteiger partial charge >= 0.3 is 0 Å². The SMILES string of the molecule is CC1CN(C2CCc3ccccc3C2O)CC(C)N1C. The molecule has 110 valence electrons. The molecule has 1 aliphatic heterocycles. The predicted molar refractivity (Wildman–Crippen MR) is 81.8 cm³/mol. The monoisotopic (exact) mass is 274 g/mol. The summed E-state index contributed by atoms with van der Waals surface area (Å²) in [5.41, 5.74) is 2.47. The Kier molecular flexibility index (Phi) is 3.85. The van der Waals surface area contributed by atoms with Crippen molar-refractivity contribution in [1.29, 1.82) is 0 Å². The van der Waals surface area contributed by atoms with Crippen molar-refractivity contribution in [1.82, 2.24) is 9.80 Å². The van der Waals surface area contributed by atoms with Crippen LogP contribution in [0.3, 0.4) is 0 Å². The van der Waals surface area contributed by atoms with Crippen LogP contribution in [0.5, 0.6) is 0 Å². The van der Waals surface area contributed by atoms with Gasteiger partial charge in [-0.15, -0.1) is 0 Å². The molecule has 1 aliphatic carbocycles. The highest BCUT2D eigenvalue weighted by Gasteiger charge is 2.36. The van der Waals surface area contributed by atoms with E-state index in [1.807, 2.05) is 6.07 Å². The molecule has 1 aromatic carbocycles. The zero-order valence-corrected chi connectivity index (χ0v) is 12.8. The number of aliphatic hydroxyl groups is 1. The molecular formula is C17H26N2O. The van der Waals surface area contributed by atoms with Gasteiger partial charge in [-0.05, 0) is 44.9 Å². The van der Waals surface area contributed by atoms with Gasteiger partial charge in [0.05, 0.1) is 6.10 Å². The first-order valence-corrected chi connectivity index (χ1v) is 7.79. The molecule has 1 aromatic rings. The molecule has 3 rings (SSSR count). The van der Waals surface area contributed by atoms with Crippen LogP contribution < -0.4 is 0 Å². The maximum absolute atomic E-state index is 10.8. The molecule has 4 atom stereocenters. The Bertz CT molecular complexity index is 464. The average molecular weight is 274 g/mol. The molecule has 1 N–H and O–H groups in total. The number of benzene rings is 1. The lowest BCUT2D eigenvalue weighted by Gasteiger charge is -2.48. The van der Waals surface area contributed by atoms with Crippen LogP contribution in [0.1, 0.15) is 37.5 Å². The number of fused-ring (bicyclic) bond motifs is 1. The third kappa shape index (κ3) is 2.39. The lowest BCUT2D eigenvalue weighted by molar-refractivity contribution is -0.0217. The lowest BCUT2D eigenvalue weighted by Crippen LogP contribution is -2.59. The molecule has 3 heteroatoms. The fourth-order valence-corrected chi connectivity index (χ4v) is 3.82. The number of aryl methyl sites for hydroxylation is 1. The highest BCUT2D eigenvalue weighted by atomic mass is 16.3. The molecule has 0 radical (unpaired) electrons. The topological polar surface area (TPSA) is 26.7 Å². The molecule has 4 unspecified atom stereocenters. The standard InChI is InChI=1S/C17H26N2O/c1-12-10-19(11-13(2)18(12)3)16-9-8-14-6-4-5-7-15(14)17(16)20/h4-7,12-13,16-17,20H,8-11H2,1-3H3. The first-order chi connectivity index (χ1) is 9.58. The highest BCUT2D eigenvalue weighted by Crippen LogP contribution is 2.34. The molecular weight excluding hydrogens is 248 g/mol. The maximum atomic E-state index is 10.8. The minimum Gasteiger partial charge on any atom is -0.387 e. The van der Waals surface area contributed by atoms with E-state index < -0.39 is 0 Å².